The zero-order valence-electron chi connectivity index (χ0n) is 7.05. The number of methoxy groups -OCH3 is 1. The molecule has 1 fully saturated rings. The van der Waals surface area contributed by atoms with Crippen LogP contribution in [0.2, 0.25) is 0 Å². The summed E-state index contributed by atoms with van der Waals surface area (Å²) in [6.45, 7) is 1.62. The lowest BCUT2D eigenvalue weighted by Gasteiger charge is -2.32. The molecular formula is C8H14O2S. The normalized spacial score (nSPS) is 23.1. The second-order valence-corrected chi connectivity index (χ2v) is 4.09. The topological polar surface area (TPSA) is 26.3 Å². The van der Waals surface area contributed by atoms with Crippen LogP contribution in [0.1, 0.15) is 19.8 Å². The Morgan fingerprint density at radius 3 is 2.27 bits per heavy atom. The number of hydrogen-bond acceptors (Lipinski definition) is 3. The van der Waals surface area contributed by atoms with E-state index in [-0.39, 0.29) is 5.78 Å². The van der Waals surface area contributed by atoms with Crippen molar-refractivity contribution in [3.8, 4) is 0 Å². The standard InChI is InChI=1S/C8H14O2S/c1-7(9)8(10-2)3-5-11-6-4-8/h3-6H2,1-2H3. The molecule has 0 saturated carbocycles. The Morgan fingerprint density at radius 1 is 1.45 bits per heavy atom. The largest absolute Gasteiger partial charge is 0.370 e. The minimum atomic E-state index is -0.439. The van der Waals surface area contributed by atoms with Gasteiger partial charge in [-0.15, -0.1) is 0 Å². The fraction of sp³-hybridized carbons (Fsp3) is 0.875. The maximum Gasteiger partial charge on any atom is 0.161 e. The van der Waals surface area contributed by atoms with Gasteiger partial charge in [-0.25, -0.2) is 0 Å². The Balaban J connectivity index is 2.64. The van der Waals surface area contributed by atoms with Gasteiger partial charge in [-0.2, -0.15) is 11.8 Å². The van der Waals surface area contributed by atoms with Gasteiger partial charge in [0, 0.05) is 7.11 Å². The third-order valence-electron chi connectivity index (χ3n) is 2.33. The Hall–Kier alpha value is -0.0200. The molecule has 0 atom stereocenters. The van der Waals surface area contributed by atoms with E-state index in [0.29, 0.717) is 0 Å². The molecule has 0 aromatic carbocycles. The predicted molar refractivity (Wildman–Crippen MR) is 47.0 cm³/mol. The van der Waals surface area contributed by atoms with Crippen LogP contribution in [0.4, 0.5) is 0 Å². The smallest absolute Gasteiger partial charge is 0.161 e. The number of ketones is 1. The lowest BCUT2D eigenvalue weighted by atomic mass is 9.92. The Kier molecular flexibility index (Phi) is 2.96. The van der Waals surface area contributed by atoms with E-state index in [1.54, 1.807) is 14.0 Å². The molecule has 1 saturated heterocycles. The molecular weight excluding hydrogens is 160 g/mol. The number of rotatable bonds is 2. The maximum atomic E-state index is 11.2. The van der Waals surface area contributed by atoms with Gasteiger partial charge in [-0.1, -0.05) is 0 Å². The van der Waals surface area contributed by atoms with E-state index >= 15 is 0 Å². The highest BCUT2D eigenvalue weighted by atomic mass is 32.2. The summed E-state index contributed by atoms with van der Waals surface area (Å²) in [5.41, 5.74) is -0.439. The van der Waals surface area contributed by atoms with E-state index in [0.717, 1.165) is 24.3 Å². The first-order valence-electron chi connectivity index (χ1n) is 3.85. The summed E-state index contributed by atoms with van der Waals surface area (Å²) in [5.74, 6) is 2.28. The molecule has 0 aromatic rings. The molecule has 3 heteroatoms. The highest BCUT2D eigenvalue weighted by Gasteiger charge is 2.36. The Morgan fingerprint density at radius 2 is 2.00 bits per heavy atom. The molecule has 64 valence electrons. The second kappa shape index (κ2) is 3.59. The van der Waals surface area contributed by atoms with Gasteiger partial charge in [0.1, 0.15) is 5.60 Å². The molecule has 0 N–H and O–H groups in total. The third kappa shape index (κ3) is 1.76. The van der Waals surface area contributed by atoms with Crippen LogP contribution in [0, 0.1) is 0 Å². The van der Waals surface area contributed by atoms with E-state index in [9.17, 15) is 4.79 Å². The second-order valence-electron chi connectivity index (χ2n) is 2.87. The zero-order chi connectivity index (χ0) is 8.32. The van der Waals surface area contributed by atoms with E-state index in [1.807, 2.05) is 11.8 Å². The van der Waals surface area contributed by atoms with Crippen molar-refractivity contribution < 1.29 is 9.53 Å². The number of hydrogen-bond donors (Lipinski definition) is 0. The van der Waals surface area contributed by atoms with Crippen molar-refractivity contribution in [1.29, 1.82) is 0 Å². The Bertz CT molecular complexity index is 150. The monoisotopic (exact) mass is 174 g/mol. The van der Waals surface area contributed by atoms with E-state index in [4.69, 9.17) is 4.74 Å². The van der Waals surface area contributed by atoms with Gasteiger partial charge in [-0.3, -0.25) is 4.79 Å². The summed E-state index contributed by atoms with van der Waals surface area (Å²) >= 11 is 1.90. The van der Waals surface area contributed by atoms with Crippen molar-refractivity contribution in [2.45, 2.75) is 25.4 Å². The number of ether oxygens (including phenoxy) is 1. The van der Waals surface area contributed by atoms with Gasteiger partial charge in [0.25, 0.3) is 0 Å². The molecule has 1 aliphatic rings. The number of carbonyl (C=O) groups excluding carboxylic acids is 1. The van der Waals surface area contributed by atoms with Crippen LogP contribution in [0.25, 0.3) is 0 Å². The van der Waals surface area contributed by atoms with Crippen molar-refractivity contribution in [3.05, 3.63) is 0 Å². The molecule has 0 aromatic heterocycles. The van der Waals surface area contributed by atoms with Crippen LogP contribution in [-0.4, -0.2) is 30.0 Å². The first-order valence-corrected chi connectivity index (χ1v) is 5.01. The number of thioether (sulfide) groups is 1. The van der Waals surface area contributed by atoms with Crippen molar-refractivity contribution in [2.24, 2.45) is 0 Å². The van der Waals surface area contributed by atoms with Crippen LogP contribution in [0.15, 0.2) is 0 Å². The van der Waals surface area contributed by atoms with Crippen LogP contribution >= 0.6 is 11.8 Å². The summed E-state index contributed by atoms with van der Waals surface area (Å²) < 4.78 is 5.28. The van der Waals surface area contributed by atoms with Crippen molar-refractivity contribution >= 4 is 17.5 Å². The molecule has 11 heavy (non-hydrogen) atoms. The van der Waals surface area contributed by atoms with Gasteiger partial charge in [-0.05, 0) is 31.3 Å². The first-order chi connectivity index (χ1) is 5.21. The molecule has 0 aliphatic carbocycles. The molecule has 0 radical (unpaired) electrons. The molecule has 0 bridgehead atoms. The highest BCUT2D eigenvalue weighted by molar-refractivity contribution is 7.99. The van der Waals surface area contributed by atoms with Gasteiger partial charge >= 0.3 is 0 Å². The van der Waals surface area contributed by atoms with Gasteiger partial charge in [0.2, 0.25) is 0 Å². The SMILES string of the molecule is COC1(C(C)=O)CCSCC1. The van der Waals surface area contributed by atoms with Crippen LogP contribution in [0.5, 0.6) is 0 Å². The van der Waals surface area contributed by atoms with Crippen molar-refractivity contribution in [1.82, 2.24) is 0 Å². The molecule has 1 heterocycles. The summed E-state index contributed by atoms with van der Waals surface area (Å²) in [6.07, 6.45) is 1.76. The lowest BCUT2D eigenvalue weighted by Crippen LogP contribution is -2.42. The quantitative estimate of drug-likeness (QED) is 0.634. The summed E-state index contributed by atoms with van der Waals surface area (Å²) in [4.78, 5) is 11.2. The third-order valence-corrected chi connectivity index (χ3v) is 3.32. The van der Waals surface area contributed by atoms with E-state index in [1.165, 1.54) is 0 Å². The average Bonchev–Trinajstić information content (AvgIpc) is 2.05. The van der Waals surface area contributed by atoms with Crippen LogP contribution in [-0.2, 0) is 9.53 Å². The van der Waals surface area contributed by atoms with E-state index in [2.05, 4.69) is 0 Å². The summed E-state index contributed by atoms with van der Waals surface area (Å²) in [6, 6.07) is 0. The molecule has 0 spiro atoms. The van der Waals surface area contributed by atoms with Crippen molar-refractivity contribution in [3.63, 3.8) is 0 Å². The summed E-state index contributed by atoms with van der Waals surface area (Å²) in [7, 11) is 1.64. The first kappa shape index (κ1) is 9.07. The van der Waals surface area contributed by atoms with Gasteiger partial charge < -0.3 is 4.74 Å². The minimum Gasteiger partial charge on any atom is -0.370 e. The average molecular weight is 174 g/mol. The van der Waals surface area contributed by atoms with Crippen LogP contribution in [0.3, 0.4) is 0 Å². The zero-order valence-corrected chi connectivity index (χ0v) is 7.87. The Labute approximate surface area is 71.7 Å². The fourth-order valence-corrected chi connectivity index (χ4v) is 2.55. The lowest BCUT2D eigenvalue weighted by molar-refractivity contribution is -0.139. The number of Topliss-reactive ketones (excluding diaryl/α,β-unsaturated/α-hetero) is 1. The van der Waals surface area contributed by atoms with Gasteiger partial charge in [0.05, 0.1) is 0 Å². The molecule has 0 amide bonds. The van der Waals surface area contributed by atoms with Gasteiger partial charge in [0.15, 0.2) is 5.78 Å². The predicted octanol–water partition coefficient (Wildman–Crippen LogP) is 1.49. The molecule has 0 unspecified atom stereocenters. The summed E-state index contributed by atoms with van der Waals surface area (Å²) in [5, 5.41) is 0. The number of carbonyl (C=O) groups is 1. The fourth-order valence-electron chi connectivity index (χ4n) is 1.40. The maximum absolute atomic E-state index is 11.2. The minimum absolute atomic E-state index is 0.181. The van der Waals surface area contributed by atoms with Crippen LogP contribution < -0.4 is 0 Å². The molecule has 1 aliphatic heterocycles. The molecule has 2 nitrogen and oxygen atoms in total. The van der Waals surface area contributed by atoms with Crippen molar-refractivity contribution in [2.75, 3.05) is 18.6 Å². The highest BCUT2D eigenvalue weighted by Crippen LogP contribution is 2.30. The molecule has 1 rings (SSSR count). The van der Waals surface area contributed by atoms with E-state index < -0.39 is 5.60 Å².